The lowest BCUT2D eigenvalue weighted by atomic mass is 10.0. The molecule has 0 amide bonds. The number of rotatable bonds is 7. The van der Waals surface area contributed by atoms with Crippen molar-refractivity contribution in [1.82, 2.24) is 24.3 Å². The van der Waals surface area contributed by atoms with E-state index in [2.05, 4.69) is 26.5 Å². The monoisotopic (exact) mass is 430 g/mol. The van der Waals surface area contributed by atoms with Crippen LogP contribution in [-0.4, -0.2) is 68.1 Å². The van der Waals surface area contributed by atoms with Gasteiger partial charge in [0, 0.05) is 29.8 Å². The molecule has 0 saturated carbocycles. The minimum atomic E-state index is -2.55. The third-order valence-electron chi connectivity index (χ3n) is 5.08. The molecule has 11 heteroatoms. The van der Waals surface area contributed by atoms with Crippen LogP contribution in [-0.2, 0) is 16.4 Å². The van der Waals surface area contributed by atoms with E-state index in [0.717, 1.165) is 4.68 Å². The molecule has 31 heavy (non-hydrogen) atoms. The first kappa shape index (κ1) is 17.5. The minimum Gasteiger partial charge on any atom is -0.466 e. The minimum absolute atomic E-state index is 0.0450. The first-order chi connectivity index (χ1) is 16.0. The van der Waals surface area contributed by atoms with E-state index in [1.165, 1.54) is 6.20 Å². The predicted molar refractivity (Wildman–Crippen MR) is 111 cm³/mol. The van der Waals surface area contributed by atoms with Gasteiger partial charge in [-0.15, -0.1) is 5.10 Å². The van der Waals surface area contributed by atoms with Gasteiger partial charge in [0.25, 0.3) is 5.88 Å². The molecule has 11 nitrogen and oxygen atoms in total. The normalized spacial score (nSPS) is 23.7. The number of aliphatic hydroxyl groups is 1. The van der Waals surface area contributed by atoms with Crippen molar-refractivity contribution in [1.29, 1.82) is 5.26 Å². The summed E-state index contributed by atoms with van der Waals surface area (Å²) in [5.41, 5.74) is -0.144. The highest BCUT2D eigenvalue weighted by Gasteiger charge is 2.40. The average Bonchev–Trinajstić information content (AvgIpc) is 3.43. The molecule has 0 aliphatic carbocycles. The Kier molecular flexibility index (Phi) is 4.59. The van der Waals surface area contributed by atoms with E-state index in [1.807, 2.05) is 6.92 Å². The van der Waals surface area contributed by atoms with Crippen molar-refractivity contribution in [2.45, 2.75) is 31.6 Å². The smallest absolute Gasteiger partial charge is 0.257 e. The Morgan fingerprint density at radius 1 is 1.58 bits per heavy atom. The molecule has 1 aliphatic heterocycles. The summed E-state index contributed by atoms with van der Waals surface area (Å²) < 4.78 is 41.9. The van der Waals surface area contributed by atoms with E-state index < -0.39 is 18.7 Å². The lowest BCUT2D eigenvalue weighted by Crippen LogP contribution is -2.41. The average molecular weight is 430 g/mol. The lowest BCUT2D eigenvalue weighted by Gasteiger charge is -2.23. The fourth-order valence-corrected chi connectivity index (χ4v) is 3.51. The molecule has 3 aromatic rings. The van der Waals surface area contributed by atoms with Crippen LogP contribution in [0.2, 0.25) is 0 Å². The van der Waals surface area contributed by atoms with E-state index >= 15 is 0 Å². The van der Waals surface area contributed by atoms with Crippen molar-refractivity contribution < 1.29 is 23.4 Å². The molecular weight excluding hydrogens is 402 g/mol. The van der Waals surface area contributed by atoms with Gasteiger partial charge >= 0.3 is 0 Å². The summed E-state index contributed by atoms with van der Waals surface area (Å²) in [6, 6.07) is 3.68. The highest BCUT2D eigenvalue weighted by molar-refractivity contribution is 5.79. The summed E-state index contributed by atoms with van der Waals surface area (Å²) in [4.78, 5) is 8.83. The van der Waals surface area contributed by atoms with Crippen molar-refractivity contribution in [2.24, 2.45) is 6.98 Å². The molecule has 1 fully saturated rings. The summed E-state index contributed by atoms with van der Waals surface area (Å²) in [6.07, 6.45) is 2.07. The maximum Gasteiger partial charge on any atom is 0.257 e. The van der Waals surface area contributed by atoms with Gasteiger partial charge in [0.05, 0.1) is 32.1 Å². The van der Waals surface area contributed by atoms with Gasteiger partial charge in [-0.1, -0.05) is 0 Å². The van der Waals surface area contributed by atoms with Gasteiger partial charge in [0.1, 0.15) is 28.7 Å². The molecule has 3 atom stereocenters. The number of aryl methyl sites for hydroxylation is 1. The predicted octanol–water partition coefficient (Wildman–Crippen LogP) is 1.52. The number of ether oxygens (including phenoxy) is 3. The van der Waals surface area contributed by atoms with E-state index in [1.54, 1.807) is 30.9 Å². The molecule has 0 spiro atoms. The van der Waals surface area contributed by atoms with Crippen LogP contribution >= 0.6 is 0 Å². The van der Waals surface area contributed by atoms with Crippen LogP contribution in [0, 0.1) is 11.3 Å². The lowest BCUT2D eigenvalue weighted by molar-refractivity contribution is -0.0175. The summed E-state index contributed by atoms with van der Waals surface area (Å²) >= 11 is 0. The molecule has 1 aliphatic rings. The fraction of sp³-hybridized carbons (Fsp3) is 0.500. The Morgan fingerprint density at radius 2 is 2.42 bits per heavy atom. The van der Waals surface area contributed by atoms with Crippen LogP contribution in [0.3, 0.4) is 0 Å². The number of aromatic nitrogens is 5. The number of fused-ring (bicyclic) bond motifs is 1. The van der Waals surface area contributed by atoms with Crippen molar-refractivity contribution in [2.75, 3.05) is 32.2 Å². The number of nitrogens with one attached hydrogen (secondary N) is 1. The quantitative estimate of drug-likeness (QED) is 0.572. The van der Waals surface area contributed by atoms with E-state index in [9.17, 15) is 10.4 Å². The maximum atomic E-state index is 10.5. The van der Waals surface area contributed by atoms with Crippen LogP contribution in [0.4, 0.5) is 11.6 Å². The third-order valence-corrected chi connectivity index (χ3v) is 5.08. The summed E-state index contributed by atoms with van der Waals surface area (Å²) in [5.74, 6) is 0.0989. The number of methoxy groups -OCH3 is 1. The molecule has 1 saturated heterocycles. The molecule has 0 aromatic carbocycles. The second-order valence-corrected chi connectivity index (χ2v) is 7.68. The van der Waals surface area contributed by atoms with Gasteiger partial charge in [-0.25, -0.2) is 4.98 Å². The molecule has 4 heterocycles. The number of hydrogen-bond donors (Lipinski definition) is 2. The van der Waals surface area contributed by atoms with Crippen LogP contribution in [0.15, 0.2) is 18.5 Å². The van der Waals surface area contributed by atoms with E-state index in [4.69, 9.17) is 18.3 Å². The first-order valence-electron chi connectivity index (χ1n) is 11.1. The Labute approximate surface area is 183 Å². The molecule has 0 bridgehead atoms. The van der Waals surface area contributed by atoms with Gasteiger partial charge in [0.2, 0.25) is 5.95 Å². The van der Waals surface area contributed by atoms with E-state index in [0.29, 0.717) is 23.3 Å². The topological polar surface area (TPSA) is 132 Å². The second-order valence-electron chi connectivity index (χ2n) is 7.68. The molecule has 2 N–H and O–H groups in total. The summed E-state index contributed by atoms with van der Waals surface area (Å²) in [6.45, 7) is 1.50. The van der Waals surface area contributed by atoms with E-state index in [-0.39, 0.29) is 36.8 Å². The van der Waals surface area contributed by atoms with Gasteiger partial charge in [0.15, 0.2) is 6.10 Å². The zero-order valence-electron chi connectivity index (χ0n) is 20.4. The number of hydrogen-bond acceptors (Lipinski definition) is 9. The summed E-state index contributed by atoms with van der Waals surface area (Å²) in [5, 5.41) is 27.7. The van der Waals surface area contributed by atoms with Crippen molar-refractivity contribution in [3.8, 4) is 11.9 Å². The molecule has 0 unspecified atom stereocenters. The zero-order valence-corrected chi connectivity index (χ0v) is 17.4. The van der Waals surface area contributed by atoms with Crippen LogP contribution in [0.25, 0.3) is 11.0 Å². The Bertz CT molecular complexity index is 1230. The van der Waals surface area contributed by atoms with Crippen LogP contribution in [0.5, 0.6) is 5.88 Å². The second kappa shape index (κ2) is 8.14. The van der Waals surface area contributed by atoms with Crippen molar-refractivity contribution >= 4 is 22.7 Å². The molecule has 3 aromatic heterocycles. The largest absolute Gasteiger partial charge is 0.466 e. The van der Waals surface area contributed by atoms with Gasteiger partial charge in [-0.2, -0.15) is 10.2 Å². The third kappa shape index (κ3) is 4.05. The van der Waals surface area contributed by atoms with Crippen LogP contribution < -0.4 is 10.1 Å². The molecule has 0 radical (unpaired) electrons. The van der Waals surface area contributed by atoms with Gasteiger partial charge in [-0.05, 0) is 19.9 Å². The molecule has 164 valence electrons. The maximum absolute atomic E-state index is 10.5. The number of nitrogens with zero attached hydrogens (tertiary/aromatic N) is 6. The Morgan fingerprint density at radius 3 is 3.10 bits per heavy atom. The molecular formula is C20H25N7O4. The first-order valence-corrected chi connectivity index (χ1v) is 9.64. The van der Waals surface area contributed by atoms with Gasteiger partial charge in [-0.3, -0.25) is 4.68 Å². The number of anilines is 2. The highest BCUT2D eigenvalue weighted by Crippen LogP contribution is 2.30. The standard InChI is InChI=1S/C20H25N7O4/c1-12(9-29-4)27-14(6-21)5-13-7-22-19(24-17(13)27)23-15-8-26(3)25-18(15)31-16-10-30-11-20(16,2)28/h5,7-8,12,16,28H,9-11H2,1-4H3,(H,22,23,24)/t12-,16-,20+/m0/s1/i3D3. The Balaban J connectivity index is 1.71. The zero-order chi connectivity index (χ0) is 24.7. The van der Waals surface area contributed by atoms with Gasteiger partial charge < -0.3 is 29.2 Å². The van der Waals surface area contributed by atoms with Crippen LogP contribution in [0.1, 0.15) is 29.7 Å². The fourth-order valence-electron chi connectivity index (χ4n) is 3.51. The van der Waals surface area contributed by atoms with Crippen molar-refractivity contribution in [3.63, 3.8) is 0 Å². The number of nitriles is 1. The van der Waals surface area contributed by atoms with Crippen molar-refractivity contribution in [3.05, 3.63) is 24.2 Å². The SMILES string of the molecule is [2H]C([2H])([2H])n1cc(Nc2ncc3cc(C#N)n([C@@H](C)COC)c3n2)c(O[C@H]2COC[C@@]2(C)O)n1. The summed E-state index contributed by atoms with van der Waals surface area (Å²) in [7, 11) is 1.58. The molecule has 4 rings (SSSR count). The highest BCUT2D eigenvalue weighted by atomic mass is 16.6. The Hall–Kier alpha value is -3.20.